The Bertz CT molecular complexity index is 475. The van der Waals surface area contributed by atoms with Gasteiger partial charge >= 0.3 is 5.97 Å². The average molecular weight is 266 g/mol. The van der Waals surface area contributed by atoms with Crippen molar-refractivity contribution in [2.24, 2.45) is 5.18 Å². The summed E-state index contributed by atoms with van der Waals surface area (Å²) in [6.45, 7) is 1.79. The highest BCUT2D eigenvalue weighted by Gasteiger charge is 2.22. The largest absolute Gasteiger partial charge is 0.464 e. The maximum atomic E-state index is 11.4. The van der Waals surface area contributed by atoms with Crippen LogP contribution in [0.5, 0.6) is 0 Å². The second-order valence-corrected chi connectivity index (χ2v) is 3.80. The molecule has 0 heterocycles. The molecule has 0 fully saturated rings. The van der Waals surface area contributed by atoms with Crippen LogP contribution in [0.15, 0.2) is 29.4 Å². The van der Waals surface area contributed by atoms with Gasteiger partial charge in [0.15, 0.2) is 6.04 Å². The minimum atomic E-state index is -1.13. The molecular weight excluding hydrogens is 252 g/mol. The molecule has 7 heteroatoms. The maximum absolute atomic E-state index is 11.4. The Morgan fingerprint density at radius 3 is 2.74 bits per heavy atom. The number of hydrogen-bond acceptors (Lipinski definition) is 6. The van der Waals surface area contributed by atoms with Gasteiger partial charge in [0, 0.05) is 11.6 Å². The molecule has 0 aliphatic rings. The van der Waals surface area contributed by atoms with E-state index in [1.165, 1.54) is 6.07 Å². The van der Waals surface area contributed by atoms with E-state index in [4.69, 9.17) is 4.74 Å². The van der Waals surface area contributed by atoms with E-state index in [1.807, 2.05) is 0 Å². The summed E-state index contributed by atoms with van der Waals surface area (Å²) in [5, 5.41) is 13.5. The lowest BCUT2D eigenvalue weighted by atomic mass is 10.0. The highest BCUT2D eigenvalue weighted by molar-refractivity contribution is 5.75. The molecular formula is C12H14N2O5. The summed E-state index contributed by atoms with van der Waals surface area (Å²) < 4.78 is 4.69. The molecule has 1 atom stereocenters. The van der Waals surface area contributed by atoms with Crippen LogP contribution in [0.25, 0.3) is 0 Å². The Balaban J connectivity index is 2.72. The molecule has 19 heavy (non-hydrogen) atoms. The van der Waals surface area contributed by atoms with E-state index in [9.17, 15) is 19.8 Å². The van der Waals surface area contributed by atoms with Gasteiger partial charge in [-0.15, -0.1) is 4.91 Å². The summed E-state index contributed by atoms with van der Waals surface area (Å²) in [6.07, 6.45) is 0.305. The molecule has 102 valence electrons. The van der Waals surface area contributed by atoms with Crippen LogP contribution in [0.1, 0.15) is 18.9 Å². The first kappa shape index (κ1) is 14.7. The monoisotopic (exact) mass is 266 g/mol. The number of nitrogens with zero attached hydrogens (tertiary/aromatic N) is 2. The maximum Gasteiger partial charge on any atom is 0.334 e. The predicted octanol–water partition coefficient (Wildman–Crippen LogP) is 2.23. The third-order valence-electron chi connectivity index (χ3n) is 2.56. The summed E-state index contributed by atoms with van der Waals surface area (Å²) in [5.41, 5.74) is 0.432. The van der Waals surface area contributed by atoms with E-state index >= 15 is 0 Å². The Morgan fingerprint density at radius 2 is 2.16 bits per heavy atom. The SMILES string of the molecule is CCOC(=O)C(CCc1ccccc1[N+](=O)[O-])N=O. The molecule has 0 radical (unpaired) electrons. The van der Waals surface area contributed by atoms with E-state index in [2.05, 4.69) is 5.18 Å². The zero-order valence-electron chi connectivity index (χ0n) is 10.4. The second-order valence-electron chi connectivity index (χ2n) is 3.80. The number of esters is 1. The number of carbonyl (C=O) groups excluding carboxylic acids is 1. The van der Waals surface area contributed by atoms with Crippen LogP contribution in [-0.2, 0) is 16.0 Å². The van der Waals surface area contributed by atoms with Crippen LogP contribution in [0.4, 0.5) is 5.69 Å². The van der Waals surface area contributed by atoms with E-state index in [-0.39, 0.29) is 25.1 Å². The van der Waals surface area contributed by atoms with Crippen LogP contribution >= 0.6 is 0 Å². The van der Waals surface area contributed by atoms with Crippen molar-refractivity contribution in [1.29, 1.82) is 0 Å². The van der Waals surface area contributed by atoms with Crippen molar-refractivity contribution in [2.45, 2.75) is 25.8 Å². The molecule has 0 amide bonds. The van der Waals surface area contributed by atoms with E-state index in [0.29, 0.717) is 5.56 Å². The highest BCUT2D eigenvalue weighted by Crippen LogP contribution is 2.20. The lowest BCUT2D eigenvalue weighted by Crippen LogP contribution is -2.21. The summed E-state index contributed by atoms with van der Waals surface area (Å²) >= 11 is 0. The first-order valence-electron chi connectivity index (χ1n) is 5.81. The standard InChI is InChI=1S/C12H14N2O5/c1-2-19-12(15)10(13-16)8-7-9-5-3-4-6-11(9)14(17)18/h3-6,10H,2,7-8H2,1H3. The van der Waals surface area contributed by atoms with Gasteiger partial charge < -0.3 is 4.74 Å². The minimum Gasteiger partial charge on any atom is -0.464 e. The highest BCUT2D eigenvalue weighted by atomic mass is 16.6. The third-order valence-corrected chi connectivity index (χ3v) is 2.56. The molecule has 0 saturated heterocycles. The molecule has 0 spiro atoms. The Labute approximate surface area is 109 Å². The molecule has 0 aromatic heterocycles. The molecule has 1 unspecified atom stereocenters. The quantitative estimate of drug-likeness (QED) is 0.326. The van der Waals surface area contributed by atoms with Gasteiger partial charge in [-0.2, -0.15) is 0 Å². The van der Waals surface area contributed by atoms with Gasteiger partial charge in [-0.05, 0) is 19.8 Å². The molecule has 0 saturated carbocycles. The zero-order valence-corrected chi connectivity index (χ0v) is 10.4. The topological polar surface area (TPSA) is 98.9 Å². The number of ether oxygens (including phenoxy) is 1. The van der Waals surface area contributed by atoms with Crippen molar-refractivity contribution in [1.82, 2.24) is 0 Å². The fourth-order valence-corrected chi connectivity index (χ4v) is 1.64. The van der Waals surface area contributed by atoms with Gasteiger partial charge in [0.1, 0.15) is 0 Å². The van der Waals surface area contributed by atoms with Crippen LogP contribution in [0.2, 0.25) is 0 Å². The third kappa shape index (κ3) is 4.13. The van der Waals surface area contributed by atoms with Crippen molar-refractivity contribution >= 4 is 11.7 Å². The van der Waals surface area contributed by atoms with Gasteiger partial charge in [0.25, 0.3) is 5.69 Å². The van der Waals surface area contributed by atoms with Gasteiger partial charge in [0.05, 0.1) is 11.5 Å². The average Bonchev–Trinajstić information content (AvgIpc) is 2.40. The molecule has 0 aliphatic heterocycles. The smallest absolute Gasteiger partial charge is 0.334 e. The van der Waals surface area contributed by atoms with Gasteiger partial charge in [-0.25, -0.2) is 4.79 Å². The molecule has 0 N–H and O–H groups in total. The predicted molar refractivity (Wildman–Crippen MR) is 67.6 cm³/mol. The van der Waals surface area contributed by atoms with Crippen molar-refractivity contribution in [2.75, 3.05) is 6.61 Å². The number of nitro benzene ring substituents is 1. The van der Waals surface area contributed by atoms with Crippen LogP contribution in [0, 0.1) is 15.0 Å². The first-order chi connectivity index (χ1) is 9.10. The number of nitroso groups, excluding NO2 is 1. The number of hydrogen-bond donors (Lipinski definition) is 0. The molecule has 7 nitrogen and oxygen atoms in total. The van der Waals surface area contributed by atoms with Crippen molar-refractivity contribution < 1.29 is 14.5 Å². The second kappa shape index (κ2) is 7.20. The summed E-state index contributed by atoms with van der Waals surface area (Å²) in [5.74, 6) is -0.698. The van der Waals surface area contributed by atoms with Gasteiger partial charge in [-0.3, -0.25) is 10.1 Å². The van der Waals surface area contributed by atoms with E-state index in [1.54, 1.807) is 25.1 Å². The first-order valence-corrected chi connectivity index (χ1v) is 5.81. The molecule has 1 aromatic carbocycles. The van der Waals surface area contributed by atoms with Gasteiger partial charge in [-0.1, -0.05) is 23.4 Å². The summed E-state index contributed by atoms with van der Waals surface area (Å²) in [6, 6.07) is 5.06. The lowest BCUT2D eigenvalue weighted by molar-refractivity contribution is -0.385. The molecule has 0 bridgehead atoms. The van der Waals surface area contributed by atoms with Gasteiger partial charge in [0.2, 0.25) is 0 Å². The Kier molecular flexibility index (Phi) is 5.59. The summed E-state index contributed by atoms with van der Waals surface area (Å²) in [4.78, 5) is 32.2. The normalized spacial score (nSPS) is 11.6. The number of carbonyl (C=O) groups is 1. The Hall–Kier alpha value is -2.31. The van der Waals surface area contributed by atoms with E-state index < -0.39 is 16.9 Å². The van der Waals surface area contributed by atoms with E-state index in [0.717, 1.165) is 0 Å². The van der Waals surface area contributed by atoms with Crippen LogP contribution < -0.4 is 0 Å². The molecule has 0 aliphatic carbocycles. The summed E-state index contributed by atoms with van der Waals surface area (Å²) in [7, 11) is 0. The number of para-hydroxylation sites is 1. The zero-order chi connectivity index (χ0) is 14.3. The van der Waals surface area contributed by atoms with Crippen molar-refractivity contribution in [3.63, 3.8) is 0 Å². The van der Waals surface area contributed by atoms with Crippen molar-refractivity contribution in [3.05, 3.63) is 44.9 Å². The number of nitro groups is 1. The van der Waals surface area contributed by atoms with Crippen LogP contribution in [0.3, 0.4) is 0 Å². The number of aryl methyl sites for hydroxylation is 1. The molecule has 1 aromatic rings. The fourth-order valence-electron chi connectivity index (χ4n) is 1.64. The molecule has 1 rings (SSSR count). The number of rotatable bonds is 7. The van der Waals surface area contributed by atoms with Crippen LogP contribution in [-0.4, -0.2) is 23.5 Å². The lowest BCUT2D eigenvalue weighted by Gasteiger charge is -2.08. The fraction of sp³-hybridized carbons (Fsp3) is 0.417. The number of benzene rings is 1. The minimum absolute atomic E-state index is 0.0315. The van der Waals surface area contributed by atoms with Crippen molar-refractivity contribution in [3.8, 4) is 0 Å². The Morgan fingerprint density at radius 1 is 1.47 bits per heavy atom.